The molecule has 0 spiro atoms. The van der Waals surface area contributed by atoms with Gasteiger partial charge in [0.2, 0.25) is 15.9 Å². The van der Waals surface area contributed by atoms with Crippen molar-refractivity contribution in [1.29, 1.82) is 0 Å². The Hall–Kier alpha value is -2.56. The van der Waals surface area contributed by atoms with Gasteiger partial charge in [-0.25, -0.2) is 12.8 Å². The van der Waals surface area contributed by atoms with Gasteiger partial charge in [-0.3, -0.25) is 4.79 Å². The van der Waals surface area contributed by atoms with E-state index in [0.717, 1.165) is 11.8 Å². The highest BCUT2D eigenvalue weighted by Gasteiger charge is 2.22. The highest BCUT2D eigenvalue weighted by Crippen LogP contribution is 2.26. The maximum atomic E-state index is 13.0. The molecule has 2 aromatic carbocycles. The second kappa shape index (κ2) is 9.50. The van der Waals surface area contributed by atoms with Crippen molar-refractivity contribution in [2.75, 3.05) is 18.8 Å². The third-order valence-electron chi connectivity index (χ3n) is 4.32. The molecule has 0 aliphatic rings. The third kappa shape index (κ3) is 4.94. The normalized spacial score (nSPS) is 11.7. The van der Waals surface area contributed by atoms with Gasteiger partial charge >= 0.3 is 0 Å². The predicted octanol–water partition coefficient (Wildman–Crippen LogP) is 3.88. The van der Waals surface area contributed by atoms with Crippen molar-refractivity contribution in [3.63, 3.8) is 0 Å². The Labute approximate surface area is 178 Å². The number of halogens is 1. The molecule has 0 N–H and O–H groups in total. The molecule has 0 aliphatic carbocycles. The minimum atomic E-state index is -3.61. The molecule has 0 bridgehead atoms. The molecule has 3 rings (SSSR count). The number of thioether (sulfide) groups is 1. The summed E-state index contributed by atoms with van der Waals surface area (Å²) in [5.74, 6) is -0.412. The molecule has 7 nitrogen and oxygen atoms in total. The van der Waals surface area contributed by atoms with Crippen LogP contribution in [0.2, 0.25) is 0 Å². The summed E-state index contributed by atoms with van der Waals surface area (Å²) in [4.78, 5) is 12.3. The lowest BCUT2D eigenvalue weighted by Gasteiger charge is -2.18. The van der Waals surface area contributed by atoms with E-state index in [9.17, 15) is 17.6 Å². The molecule has 0 atom stereocenters. The number of hydrogen-bond acceptors (Lipinski definition) is 7. The summed E-state index contributed by atoms with van der Waals surface area (Å²) in [5, 5.41) is 8.03. The van der Waals surface area contributed by atoms with Gasteiger partial charge in [-0.15, -0.1) is 10.2 Å². The summed E-state index contributed by atoms with van der Waals surface area (Å²) < 4.78 is 45.3. The zero-order chi connectivity index (χ0) is 21.7. The van der Waals surface area contributed by atoms with Crippen LogP contribution in [0, 0.1) is 5.82 Å². The molecule has 0 aliphatic heterocycles. The summed E-state index contributed by atoms with van der Waals surface area (Å²) in [7, 11) is -3.61. The van der Waals surface area contributed by atoms with E-state index in [1.165, 1.54) is 40.7 Å². The van der Waals surface area contributed by atoms with Gasteiger partial charge in [-0.2, -0.15) is 4.31 Å². The number of carbonyl (C=O) groups is 1. The van der Waals surface area contributed by atoms with E-state index >= 15 is 0 Å². The topological polar surface area (TPSA) is 93.4 Å². The van der Waals surface area contributed by atoms with Crippen molar-refractivity contribution in [2.45, 2.75) is 24.0 Å². The number of carbonyl (C=O) groups excluding carboxylic acids is 1. The van der Waals surface area contributed by atoms with Crippen molar-refractivity contribution in [3.05, 3.63) is 59.9 Å². The number of aromatic nitrogens is 2. The van der Waals surface area contributed by atoms with Gasteiger partial charge in [0.15, 0.2) is 5.78 Å². The highest BCUT2D eigenvalue weighted by molar-refractivity contribution is 7.99. The maximum Gasteiger partial charge on any atom is 0.277 e. The largest absolute Gasteiger partial charge is 0.411 e. The maximum absolute atomic E-state index is 13.0. The fraction of sp³-hybridized carbons (Fsp3) is 0.250. The first-order valence-electron chi connectivity index (χ1n) is 9.20. The monoisotopic (exact) mass is 449 g/mol. The molecule has 1 aromatic heterocycles. The third-order valence-corrected chi connectivity index (χ3v) is 7.19. The Balaban J connectivity index is 1.73. The van der Waals surface area contributed by atoms with Crippen LogP contribution in [0.3, 0.4) is 0 Å². The molecule has 0 saturated carbocycles. The molecule has 0 fully saturated rings. The first-order chi connectivity index (χ1) is 14.3. The molecular weight excluding hydrogens is 429 g/mol. The molecular formula is C20H20FN3O4S2. The summed E-state index contributed by atoms with van der Waals surface area (Å²) >= 11 is 1.05. The summed E-state index contributed by atoms with van der Waals surface area (Å²) in [6, 6.07) is 11.6. The van der Waals surface area contributed by atoms with Crippen LogP contribution in [-0.2, 0) is 10.0 Å². The van der Waals surface area contributed by atoms with E-state index in [0.29, 0.717) is 24.2 Å². The Morgan fingerprint density at radius 2 is 1.80 bits per heavy atom. The number of hydrogen-bond donors (Lipinski definition) is 0. The minimum Gasteiger partial charge on any atom is -0.411 e. The molecule has 3 aromatic rings. The van der Waals surface area contributed by atoms with Crippen LogP contribution in [0.5, 0.6) is 0 Å². The molecule has 1 heterocycles. The van der Waals surface area contributed by atoms with Crippen molar-refractivity contribution in [2.24, 2.45) is 0 Å². The van der Waals surface area contributed by atoms with E-state index in [4.69, 9.17) is 4.42 Å². The van der Waals surface area contributed by atoms with Crippen molar-refractivity contribution in [3.8, 4) is 11.5 Å². The predicted molar refractivity (Wildman–Crippen MR) is 111 cm³/mol. The zero-order valence-electron chi connectivity index (χ0n) is 16.4. The molecule has 0 unspecified atom stereocenters. The lowest BCUT2D eigenvalue weighted by Crippen LogP contribution is -2.30. The smallest absolute Gasteiger partial charge is 0.277 e. The number of Topliss-reactive ketones (excluding diaryl/α,β-unsaturated/α-hetero) is 1. The Bertz CT molecular complexity index is 1130. The van der Waals surface area contributed by atoms with Gasteiger partial charge in [-0.05, 0) is 42.5 Å². The number of nitrogens with zero attached hydrogens (tertiary/aromatic N) is 3. The van der Waals surface area contributed by atoms with Crippen LogP contribution in [-0.4, -0.2) is 47.5 Å². The Morgan fingerprint density at radius 1 is 1.10 bits per heavy atom. The number of rotatable bonds is 9. The van der Waals surface area contributed by atoms with Gasteiger partial charge < -0.3 is 4.42 Å². The van der Waals surface area contributed by atoms with Crippen molar-refractivity contribution < 1.29 is 22.0 Å². The van der Waals surface area contributed by atoms with E-state index in [1.807, 2.05) is 0 Å². The standard InChI is InChI=1S/C20H20FN3O4S2/c1-3-24(4-2)30(26,27)17-7-5-6-15(12-17)19-22-23-20(28-19)29-13-18(25)14-8-10-16(21)11-9-14/h5-12H,3-4,13H2,1-2H3. The number of sulfonamides is 1. The number of benzene rings is 2. The van der Waals surface area contributed by atoms with Gasteiger partial charge in [0.05, 0.1) is 10.6 Å². The SMILES string of the molecule is CCN(CC)S(=O)(=O)c1cccc(-c2nnc(SCC(=O)c3ccc(F)cc3)o2)c1. The average molecular weight is 450 g/mol. The van der Waals surface area contributed by atoms with Crippen LogP contribution in [0.25, 0.3) is 11.5 Å². The van der Waals surface area contributed by atoms with Gasteiger partial charge in [0.1, 0.15) is 5.82 Å². The van der Waals surface area contributed by atoms with Gasteiger partial charge in [-0.1, -0.05) is 31.7 Å². The fourth-order valence-corrected chi connectivity index (χ4v) is 4.90. The Kier molecular flexibility index (Phi) is 7.01. The average Bonchev–Trinajstić information content (AvgIpc) is 3.22. The van der Waals surface area contributed by atoms with Crippen molar-refractivity contribution in [1.82, 2.24) is 14.5 Å². The molecule has 0 amide bonds. The molecule has 10 heteroatoms. The lowest BCUT2D eigenvalue weighted by molar-refractivity contribution is 0.102. The number of ketones is 1. The highest BCUT2D eigenvalue weighted by atomic mass is 32.2. The van der Waals surface area contributed by atoms with Gasteiger partial charge in [0.25, 0.3) is 5.22 Å². The quantitative estimate of drug-likeness (QED) is 0.361. The van der Waals surface area contributed by atoms with Crippen LogP contribution in [0.1, 0.15) is 24.2 Å². The van der Waals surface area contributed by atoms with E-state index in [1.54, 1.807) is 26.0 Å². The van der Waals surface area contributed by atoms with E-state index in [2.05, 4.69) is 10.2 Å². The second-order valence-corrected chi connectivity index (χ2v) is 9.07. The summed E-state index contributed by atoms with van der Waals surface area (Å²) in [6.45, 7) is 4.29. The van der Waals surface area contributed by atoms with Crippen LogP contribution < -0.4 is 0 Å². The van der Waals surface area contributed by atoms with Crippen molar-refractivity contribution >= 4 is 27.6 Å². The second-order valence-electron chi connectivity index (χ2n) is 6.21. The summed E-state index contributed by atoms with van der Waals surface area (Å²) in [5.41, 5.74) is 0.852. The minimum absolute atomic E-state index is 0.0453. The lowest BCUT2D eigenvalue weighted by atomic mass is 10.1. The van der Waals surface area contributed by atoms with E-state index in [-0.39, 0.29) is 27.5 Å². The van der Waals surface area contributed by atoms with Gasteiger partial charge in [0, 0.05) is 24.2 Å². The first kappa shape index (κ1) is 22.1. The van der Waals surface area contributed by atoms with E-state index < -0.39 is 15.8 Å². The molecule has 0 saturated heterocycles. The van der Waals surface area contributed by atoms with Crippen LogP contribution >= 0.6 is 11.8 Å². The Morgan fingerprint density at radius 3 is 2.47 bits per heavy atom. The zero-order valence-corrected chi connectivity index (χ0v) is 18.0. The molecule has 0 radical (unpaired) electrons. The molecule has 30 heavy (non-hydrogen) atoms. The first-order valence-corrected chi connectivity index (χ1v) is 11.6. The van der Waals surface area contributed by atoms with Crippen LogP contribution in [0.4, 0.5) is 4.39 Å². The fourth-order valence-electron chi connectivity index (χ4n) is 2.73. The van der Waals surface area contributed by atoms with Crippen LogP contribution in [0.15, 0.2) is 63.1 Å². The summed E-state index contributed by atoms with van der Waals surface area (Å²) in [6.07, 6.45) is 0. The molecule has 158 valence electrons.